The van der Waals surface area contributed by atoms with Crippen LogP contribution in [0.25, 0.3) is 27.7 Å². The molecule has 9 heteroatoms. The second-order valence-corrected chi connectivity index (χ2v) is 8.49. The number of halogens is 1. The molecule has 0 saturated carbocycles. The van der Waals surface area contributed by atoms with Crippen LogP contribution in [0.2, 0.25) is 0 Å². The Hall–Kier alpha value is -3.82. The number of methoxy groups -OCH3 is 1. The number of benzene rings is 2. The van der Waals surface area contributed by atoms with Gasteiger partial charge < -0.3 is 19.4 Å². The highest BCUT2D eigenvalue weighted by molar-refractivity contribution is 5.94. The van der Waals surface area contributed by atoms with Gasteiger partial charge in [0.25, 0.3) is 11.5 Å². The van der Waals surface area contributed by atoms with Gasteiger partial charge in [-0.1, -0.05) is 0 Å². The van der Waals surface area contributed by atoms with Crippen LogP contribution < -0.4 is 5.56 Å². The van der Waals surface area contributed by atoms with Gasteiger partial charge in [0, 0.05) is 48.4 Å². The van der Waals surface area contributed by atoms with Crippen molar-refractivity contribution in [1.82, 2.24) is 19.7 Å². The largest absolute Gasteiger partial charge is 0.382 e. The summed E-state index contributed by atoms with van der Waals surface area (Å²) in [5.41, 5.74) is 2.63. The Morgan fingerprint density at radius 2 is 2.00 bits per heavy atom. The smallest absolute Gasteiger partial charge is 0.256 e. The number of likely N-dealkylation sites (tertiary alicyclic amines) is 1. The van der Waals surface area contributed by atoms with E-state index in [0.717, 1.165) is 12.1 Å². The second kappa shape index (κ2) is 9.81. The van der Waals surface area contributed by atoms with Crippen molar-refractivity contribution in [1.29, 1.82) is 0 Å². The molecule has 0 bridgehead atoms. The van der Waals surface area contributed by atoms with E-state index in [1.165, 1.54) is 12.1 Å². The Labute approximate surface area is 200 Å². The van der Waals surface area contributed by atoms with Crippen molar-refractivity contribution in [2.24, 2.45) is 0 Å². The summed E-state index contributed by atoms with van der Waals surface area (Å²) in [5.74, 6) is -0.408. The first kappa shape index (κ1) is 22.9. The van der Waals surface area contributed by atoms with Gasteiger partial charge in [0.1, 0.15) is 5.82 Å². The van der Waals surface area contributed by atoms with Crippen LogP contribution >= 0.6 is 0 Å². The molecule has 8 nitrogen and oxygen atoms in total. The molecule has 0 unspecified atom stereocenters. The zero-order valence-corrected chi connectivity index (χ0v) is 19.2. The van der Waals surface area contributed by atoms with E-state index < -0.39 is 0 Å². The topological polar surface area (TPSA) is 89.5 Å². The van der Waals surface area contributed by atoms with Crippen LogP contribution in [-0.4, -0.2) is 65.1 Å². The maximum Gasteiger partial charge on any atom is 0.256 e. The molecule has 5 rings (SSSR count). The SMILES string of the molecule is COCCO[C@@H]1CCN(C(=O)c2ccc(-n3cc(-c4cc5cc(F)ccc5[nH]c4=O)cn3)cc2)C1. The Balaban J connectivity index is 1.30. The standard InChI is InChI=1S/C26H25FN4O4/c1-34-10-11-35-22-8-9-30(16-22)26(33)17-2-5-21(6-3-17)31-15-19(14-28-31)23-13-18-12-20(27)4-7-24(18)29-25(23)32/h2-7,12-15,22H,8-11,16H2,1H3,(H,29,32)/t22-/m1/s1. The minimum atomic E-state index is -0.371. The third-order valence-corrected chi connectivity index (χ3v) is 6.15. The monoisotopic (exact) mass is 476 g/mol. The fourth-order valence-electron chi connectivity index (χ4n) is 4.28. The number of aromatic amines is 1. The quantitative estimate of drug-likeness (QED) is 0.413. The Morgan fingerprint density at radius 3 is 2.80 bits per heavy atom. The van der Waals surface area contributed by atoms with Gasteiger partial charge in [-0.3, -0.25) is 9.59 Å². The zero-order chi connectivity index (χ0) is 24.4. The number of fused-ring (bicyclic) bond motifs is 1. The number of ether oxygens (including phenoxy) is 2. The molecule has 1 atom stereocenters. The van der Waals surface area contributed by atoms with E-state index in [1.807, 2.05) is 12.1 Å². The molecule has 1 amide bonds. The highest BCUT2D eigenvalue weighted by Crippen LogP contribution is 2.22. The summed E-state index contributed by atoms with van der Waals surface area (Å²) in [6.07, 6.45) is 4.16. The maximum atomic E-state index is 13.6. The average molecular weight is 477 g/mol. The molecule has 1 N–H and O–H groups in total. The number of hydrogen-bond acceptors (Lipinski definition) is 5. The molecular weight excluding hydrogens is 451 g/mol. The van der Waals surface area contributed by atoms with E-state index in [-0.39, 0.29) is 23.4 Å². The number of rotatable bonds is 7. The third-order valence-electron chi connectivity index (χ3n) is 6.15. The lowest BCUT2D eigenvalue weighted by atomic mass is 10.1. The molecule has 3 heterocycles. The normalized spacial score (nSPS) is 15.7. The third kappa shape index (κ3) is 4.87. The average Bonchev–Trinajstić information content (AvgIpc) is 3.54. The number of pyridine rings is 1. The number of carbonyl (C=O) groups excluding carboxylic acids is 1. The molecular formula is C26H25FN4O4. The molecule has 1 aliphatic heterocycles. The van der Waals surface area contributed by atoms with Crippen LogP contribution in [-0.2, 0) is 9.47 Å². The van der Waals surface area contributed by atoms with Crippen LogP contribution in [0.1, 0.15) is 16.8 Å². The van der Waals surface area contributed by atoms with Gasteiger partial charge in [-0.25, -0.2) is 9.07 Å². The van der Waals surface area contributed by atoms with Crippen LogP contribution in [0.15, 0.2) is 65.7 Å². The van der Waals surface area contributed by atoms with E-state index >= 15 is 0 Å². The van der Waals surface area contributed by atoms with Gasteiger partial charge in [0.15, 0.2) is 0 Å². The van der Waals surface area contributed by atoms with Crippen LogP contribution in [0.3, 0.4) is 0 Å². The molecule has 1 aliphatic rings. The first-order valence-electron chi connectivity index (χ1n) is 11.4. The number of amides is 1. The van der Waals surface area contributed by atoms with Gasteiger partial charge in [0.05, 0.1) is 36.8 Å². The van der Waals surface area contributed by atoms with E-state index in [4.69, 9.17) is 9.47 Å². The summed E-state index contributed by atoms with van der Waals surface area (Å²) in [5, 5.41) is 4.97. The molecule has 4 aromatic rings. The predicted octanol–water partition coefficient (Wildman–Crippen LogP) is 3.40. The maximum absolute atomic E-state index is 13.6. The Morgan fingerprint density at radius 1 is 1.17 bits per heavy atom. The van der Waals surface area contributed by atoms with Gasteiger partial charge in [0.2, 0.25) is 0 Å². The summed E-state index contributed by atoms with van der Waals surface area (Å²) in [6.45, 7) is 2.28. The highest BCUT2D eigenvalue weighted by Gasteiger charge is 2.27. The van der Waals surface area contributed by atoms with Crippen LogP contribution in [0.5, 0.6) is 0 Å². The van der Waals surface area contributed by atoms with Gasteiger partial charge in [-0.05, 0) is 55.0 Å². The van der Waals surface area contributed by atoms with E-state index in [2.05, 4.69) is 10.1 Å². The zero-order valence-electron chi connectivity index (χ0n) is 19.2. The van der Waals surface area contributed by atoms with Crippen molar-refractivity contribution < 1.29 is 18.7 Å². The van der Waals surface area contributed by atoms with Gasteiger partial charge in [-0.15, -0.1) is 0 Å². The number of hydrogen-bond donors (Lipinski definition) is 1. The fourth-order valence-corrected chi connectivity index (χ4v) is 4.28. The number of H-pyrrole nitrogens is 1. The van der Waals surface area contributed by atoms with Crippen molar-refractivity contribution >= 4 is 16.8 Å². The van der Waals surface area contributed by atoms with Gasteiger partial charge >= 0.3 is 0 Å². The van der Waals surface area contributed by atoms with E-state index in [9.17, 15) is 14.0 Å². The van der Waals surface area contributed by atoms with Crippen molar-refractivity contribution in [3.63, 3.8) is 0 Å². The molecule has 35 heavy (non-hydrogen) atoms. The van der Waals surface area contributed by atoms with Crippen molar-refractivity contribution in [2.45, 2.75) is 12.5 Å². The first-order valence-corrected chi connectivity index (χ1v) is 11.4. The number of carbonyl (C=O) groups is 1. The lowest BCUT2D eigenvalue weighted by Gasteiger charge is -2.17. The summed E-state index contributed by atoms with van der Waals surface area (Å²) in [7, 11) is 1.63. The molecule has 0 aliphatic carbocycles. The molecule has 1 fully saturated rings. The summed E-state index contributed by atoms with van der Waals surface area (Å²) >= 11 is 0. The van der Waals surface area contributed by atoms with Crippen molar-refractivity contribution in [3.05, 3.63) is 82.7 Å². The molecule has 2 aromatic carbocycles. The fraction of sp³-hybridized carbons (Fsp3) is 0.269. The van der Waals surface area contributed by atoms with Gasteiger partial charge in [-0.2, -0.15) is 5.10 Å². The number of nitrogens with one attached hydrogen (secondary N) is 1. The molecule has 2 aromatic heterocycles. The van der Waals surface area contributed by atoms with Crippen LogP contribution in [0, 0.1) is 5.82 Å². The summed E-state index contributed by atoms with van der Waals surface area (Å²) in [4.78, 5) is 30.0. The summed E-state index contributed by atoms with van der Waals surface area (Å²) < 4.78 is 26.0. The molecule has 180 valence electrons. The van der Waals surface area contributed by atoms with E-state index in [0.29, 0.717) is 53.9 Å². The number of aromatic nitrogens is 3. The predicted molar refractivity (Wildman–Crippen MR) is 129 cm³/mol. The minimum absolute atomic E-state index is 0.0330. The minimum Gasteiger partial charge on any atom is -0.382 e. The number of nitrogens with zero attached hydrogens (tertiary/aromatic N) is 3. The molecule has 1 saturated heterocycles. The summed E-state index contributed by atoms with van der Waals surface area (Å²) in [6, 6.07) is 13.0. The lowest BCUT2D eigenvalue weighted by molar-refractivity contribution is 0.0218. The molecule has 0 radical (unpaired) electrons. The van der Waals surface area contributed by atoms with Crippen molar-refractivity contribution in [3.8, 4) is 16.8 Å². The molecule has 0 spiro atoms. The van der Waals surface area contributed by atoms with E-state index in [1.54, 1.807) is 53.4 Å². The Kier molecular flexibility index (Phi) is 6.43. The van der Waals surface area contributed by atoms with Crippen LogP contribution in [0.4, 0.5) is 4.39 Å². The van der Waals surface area contributed by atoms with Crippen molar-refractivity contribution in [2.75, 3.05) is 33.4 Å². The lowest BCUT2D eigenvalue weighted by Crippen LogP contribution is -2.30. The first-order chi connectivity index (χ1) is 17.0. The highest BCUT2D eigenvalue weighted by atomic mass is 19.1. The Bertz CT molecular complexity index is 1410. The second-order valence-electron chi connectivity index (χ2n) is 8.49.